The van der Waals surface area contributed by atoms with E-state index in [0.717, 1.165) is 11.3 Å². The summed E-state index contributed by atoms with van der Waals surface area (Å²) >= 11 is 0. The first kappa shape index (κ1) is 22.0. The molecule has 0 aromatic heterocycles. The van der Waals surface area contributed by atoms with E-state index in [0.29, 0.717) is 35.8 Å². The van der Waals surface area contributed by atoms with Crippen molar-refractivity contribution in [2.75, 3.05) is 26.4 Å². The lowest BCUT2D eigenvalue weighted by molar-refractivity contribution is -0.132. The molecule has 9 heteroatoms. The maximum Gasteiger partial charge on any atom is 0.325 e. The number of hydrogen-bond acceptors (Lipinski definition) is 6. The molecule has 0 bridgehead atoms. The van der Waals surface area contributed by atoms with Crippen molar-refractivity contribution >= 4 is 11.9 Å². The van der Waals surface area contributed by atoms with Gasteiger partial charge in [-0.05, 0) is 30.7 Å². The van der Waals surface area contributed by atoms with Crippen LogP contribution in [0.2, 0.25) is 0 Å². The SMILES string of the molecule is CC1(c2ccc3c(c2)OCCCO3)NC(=O)N(CC(O)COCc2ccccc2F)C1=O. The molecule has 0 spiro atoms. The highest BCUT2D eigenvalue weighted by molar-refractivity contribution is 6.07. The highest BCUT2D eigenvalue weighted by atomic mass is 19.1. The number of fused-ring (bicyclic) bond motifs is 1. The number of carbonyl (C=O) groups is 2. The number of imide groups is 1. The van der Waals surface area contributed by atoms with Gasteiger partial charge in [0.25, 0.3) is 5.91 Å². The highest BCUT2D eigenvalue weighted by Gasteiger charge is 2.49. The molecule has 2 aliphatic heterocycles. The molecule has 0 aliphatic carbocycles. The molecule has 2 atom stereocenters. The normalized spacial score (nSPS) is 21.3. The van der Waals surface area contributed by atoms with Crippen molar-refractivity contribution in [2.24, 2.45) is 0 Å². The summed E-state index contributed by atoms with van der Waals surface area (Å²) in [5.74, 6) is 0.210. The van der Waals surface area contributed by atoms with Gasteiger partial charge in [0.05, 0.1) is 39.1 Å². The Bertz CT molecular complexity index is 1020. The topological polar surface area (TPSA) is 97.3 Å². The molecule has 1 fully saturated rings. The van der Waals surface area contributed by atoms with Gasteiger partial charge in [-0.1, -0.05) is 24.3 Å². The first-order valence-electron chi connectivity index (χ1n) is 10.4. The highest BCUT2D eigenvalue weighted by Crippen LogP contribution is 2.36. The largest absolute Gasteiger partial charge is 0.490 e. The molecule has 0 radical (unpaired) electrons. The number of aliphatic hydroxyl groups excluding tert-OH is 1. The molecule has 32 heavy (non-hydrogen) atoms. The Hall–Kier alpha value is -3.17. The van der Waals surface area contributed by atoms with Crippen LogP contribution < -0.4 is 14.8 Å². The number of carbonyl (C=O) groups excluding carboxylic acids is 2. The Kier molecular flexibility index (Phi) is 6.29. The first-order valence-corrected chi connectivity index (χ1v) is 10.4. The lowest BCUT2D eigenvalue weighted by atomic mass is 9.91. The second kappa shape index (κ2) is 9.13. The fraction of sp³-hybridized carbons (Fsp3) is 0.391. The van der Waals surface area contributed by atoms with Gasteiger partial charge in [0.2, 0.25) is 0 Å². The molecular formula is C23H25FN2O6. The monoisotopic (exact) mass is 444 g/mol. The van der Waals surface area contributed by atoms with Crippen LogP contribution in [0.25, 0.3) is 0 Å². The number of benzene rings is 2. The summed E-state index contributed by atoms with van der Waals surface area (Å²) in [5.41, 5.74) is -0.403. The van der Waals surface area contributed by atoms with Crippen LogP contribution in [0, 0.1) is 5.82 Å². The average Bonchev–Trinajstić information content (AvgIpc) is 2.94. The minimum absolute atomic E-state index is 0.0290. The maximum absolute atomic E-state index is 13.7. The van der Waals surface area contributed by atoms with Crippen LogP contribution >= 0.6 is 0 Å². The number of urea groups is 1. The molecule has 1 saturated heterocycles. The third-order valence-electron chi connectivity index (χ3n) is 5.52. The van der Waals surface area contributed by atoms with E-state index in [2.05, 4.69) is 5.32 Å². The first-order chi connectivity index (χ1) is 15.4. The fourth-order valence-electron chi connectivity index (χ4n) is 3.72. The Labute approximate surface area is 184 Å². The number of ether oxygens (including phenoxy) is 3. The number of nitrogens with one attached hydrogen (secondary N) is 1. The van der Waals surface area contributed by atoms with Crippen LogP contribution in [0.3, 0.4) is 0 Å². The molecule has 2 aliphatic rings. The second-order valence-corrected chi connectivity index (χ2v) is 7.94. The van der Waals surface area contributed by atoms with Gasteiger partial charge < -0.3 is 24.6 Å². The van der Waals surface area contributed by atoms with E-state index in [1.54, 1.807) is 43.3 Å². The molecule has 170 valence electrons. The number of β-amino-alcohol motifs (C(OH)–C–C–N with tert-alkyl or cyclic N) is 1. The molecular weight excluding hydrogens is 419 g/mol. The smallest absolute Gasteiger partial charge is 0.325 e. The van der Waals surface area contributed by atoms with Crippen molar-refractivity contribution < 1.29 is 33.3 Å². The van der Waals surface area contributed by atoms with Gasteiger partial charge in [0, 0.05) is 12.0 Å². The molecule has 2 aromatic carbocycles. The fourth-order valence-corrected chi connectivity index (χ4v) is 3.72. The van der Waals surface area contributed by atoms with Crippen LogP contribution in [0.4, 0.5) is 9.18 Å². The number of amides is 3. The van der Waals surface area contributed by atoms with Crippen LogP contribution in [-0.2, 0) is 21.7 Å². The second-order valence-electron chi connectivity index (χ2n) is 7.94. The minimum Gasteiger partial charge on any atom is -0.490 e. The van der Waals surface area contributed by atoms with Gasteiger partial charge in [0.15, 0.2) is 11.5 Å². The number of nitrogens with zero attached hydrogens (tertiary/aromatic N) is 1. The van der Waals surface area contributed by atoms with Crippen LogP contribution in [0.1, 0.15) is 24.5 Å². The van der Waals surface area contributed by atoms with Crippen molar-refractivity contribution in [3.63, 3.8) is 0 Å². The lowest BCUT2D eigenvalue weighted by Gasteiger charge is -2.24. The number of rotatable bonds is 7. The zero-order chi connectivity index (χ0) is 22.7. The maximum atomic E-state index is 13.7. The summed E-state index contributed by atoms with van der Waals surface area (Å²) in [6.45, 7) is 2.21. The predicted octanol–water partition coefficient (Wildman–Crippen LogP) is 2.33. The van der Waals surface area contributed by atoms with E-state index in [9.17, 15) is 19.1 Å². The summed E-state index contributed by atoms with van der Waals surface area (Å²) in [4.78, 5) is 26.6. The van der Waals surface area contributed by atoms with Crippen LogP contribution in [0.5, 0.6) is 11.5 Å². The standard InChI is InChI=1S/C23H25FN2O6/c1-23(16-7-8-19-20(11-16)32-10-4-9-31-19)21(28)26(22(29)25-23)12-17(27)14-30-13-15-5-2-3-6-18(15)24/h2-3,5-8,11,17,27H,4,9-10,12-14H2,1H3,(H,25,29). The minimum atomic E-state index is -1.31. The molecule has 2 heterocycles. The molecule has 8 nitrogen and oxygen atoms in total. The Morgan fingerprint density at radius 1 is 1.19 bits per heavy atom. The van der Waals surface area contributed by atoms with Gasteiger partial charge in [-0.25, -0.2) is 9.18 Å². The van der Waals surface area contributed by atoms with Crippen LogP contribution in [-0.4, -0.2) is 54.4 Å². The van der Waals surface area contributed by atoms with Gasteiger partial charge in [-0.15, -0.1) is 0 Å². The van der Waals surface area contributed by atoms with Crippen molar-refractivity contribution in [2.45, 2.75) is 31.6 Å². The van der Waals surface area contributed by atoms with Crippen molar-refractivity contribution in [3.05, 3.63) is 59.4 Å². The van der Waals surface area contributed by atoms with Gasteiger partial charge >= 0.3 is 6.03 Å². The summed E-state index contributed by atoms with van der Waals surface area (Å²) < 4.78 is 30.3. The Morgan fingerprint density at radius 3 is 2.72 bits per heavy atom. The summed E-state index contributed by atoms with van der Waals surface area (Å²) in [6.07, 6.45) is -0.371. The molecule has 2 aromatic rings. The van der Waals surface area contributed by atoms with Crippen molar-refractivity contribution in [1.29, 1.82) is 0 Å². The molecule has 4 rings (SSSR count). The van der Waals surface area contributed by atoms with Gasteiger partial charge in [-0.3, -0.25) is 9.69 Å². The average molecular weight is 444 g/mol. The molecule has 0 saturated carbocycles. The Morgan fingerprint density at radius 2 is 1.94 bits per heavy atom. The van der Waals surface area contributed by atoms with Crippen molar-refractivity contribution in [3.8, 4) is 11.5 Å². The van der Waals surface area contributed by atoms with Gasteiger partial charge in [0.1, 0.15) is 11.4 Å². The molecule has 3 amide bonds. The van der Waals surface area contributed by atoms with Crippen molar-refractivity contribution in [1.82, 2.24) is 10.2 Å². The van der Waals surface area contributed by atoms with E-state index in [1.165, 1.54) is 6.07 Å². The van der Waals surface area contributed by atoms with E-state index >= 15 is 0 Å². The van der Waals surface area contributed by atoms with E-state index < -0.39 is 29.4 Å². The number of aliphatic hydroxyl groups is 1. The summed E-state index contributed by atoms with van der Waals surface area (Å²) in [7, 11) is 0. The zero-order valence-electron chi connectivity index (χ0n) is 17.7. The summed E-state index contributed by atoms with van der Waals surface area (Å²) in [6, 6.07) is 10.7. The zero-order valence-corrected chi connectivity index (χ0v) is 17.7. The van der Waals surface area contributed by atoms with E-state index in [1.807, 2.05) is 0 Å². The molecule has 2 unspecified atom stereocenters. The lowest BCUT2D eigenvalue weighted by Crippen LogP contribution is -2.42. The summed E-state index contributed by atoms with van der Waals surface area (Å²) in [5, 5.41) is 13.0. The van der Waals surface area contributed by atoms with Crippen LogP contribution in [0.15, 0.2) is 42.5 Å². The number of halogens is 1. The Balaban J connectivity index is 1.40. The third kappa shape index (κ3) is 4.39. The molecule has 2 N–H and O–H groups in total. The predicted molar refractivity (Wildman–Crippen MR) is 112 cm³/mol. The van der Waals surface area contributed by atoms with E-state index in [-0.39, 0.29) is 19.8 Å². The quantitative estimate of drug-likeness (QED) is 0.637. The van der Waals surface area contributed by atoms with Gasteiger partial charge in [-0.2, -0.15) is 0 Å². The third-order valence-corrected chi connectivity index (χ3v) is 5.52. The number of hydrogen-bond donors (Lipinski definition) is 2. The van der Waals surface area contributed by atoms with E-state index in [4.69, 9.17) is 14.2 Å².